The molecule has 0 atom stereocenters. The molecular formula is C4H12ClNO2S. The minimum Gasteiger partial charge on any atom is -0.215 e. The number of hydrogen-bond acceptors (Lipinski definition) is 2. The zero-order valence-corrected chi connectivity index (χ0v) is 7.18. The molecular weight excluding hydrogens is 162 g/mol. The van der Waals surface area contributed by atoms with E-state index in [9.17, 15) is 8.42 Å². The summed E-state index contributed by atoms with van der Waals surface area (Å²) in [4.78, 5) is 0. The molecule has 0 spiro atoms. The van der Waals surface area contributed by atoms with Crippen LogP contribution in [0.1, 0.15) is 13.3 Å². The molecule has 5 heteroatoms. The van der Waals surface area contributed by atoms with Gasteiger partial charge in [-0.1, -0.05) is 6.92 Å². The van der Waals surface area contributed by atoms with Crippen LogP contribution >= 0.6 is 12.4 Å². The van der Waals surface area contributed by atoms with Crippen LogP contribution in [-0.2, 0) is 10.0 Å². The average Bonchev–Trinajstić information content (AvgIpc) is 1.59. The normalized spacial score (nSPS) is 10.4. The van der Waals surface area contributed by atoms with Crippen molar-refractivity contribution >= 4 is 22.4 Å². The van der Waals surface area contributed by atoms with Crippen LogP contribution < -0.4 is 4.72 Å². The first kappa shape index (κ1) is 11.9. The van der Waals surface area contributed by atoms with Gasteiger partial charge >= 0.3 is 0 Å². The highest BCUT2D eigenvalue weighted by Gasteiger charge is 1.94. The van der Waals surface area contributed by atoms with Crippen molar-refractivity contribution in [2.45, 2.75) is 13.3 Å². The van der Waals surface area contributed by atoms with E-state index >= 15 is 0 Å². The fourth-order valence-electron chi connectivity index (χ4n) is 0.287. The van der Waals surface area contributed by atoms with Gasteiger partial charge in [-0.3, -0.25) is 0 Å². The maximum atomic E-state index is 10.3. The molecule has 0 heterocycles. The predicted molar refractivity (Wildman–Crippen MR) is 40.4 cm³/mol. The fourth-order valence-corrected chi connectivity index (χ4v) is 0.862. The van der Waals surface area contributed by atoms with Crippen molar-refractivity contribution in [2.75, 3.05) is 12.8 Å². The molecule has 0 aliphatic heterocycles. The van der Waals surface area contributed by atoms with Crippen molar-refractivity contribution in [3.63, 3.8) is 0 Å². The van der Waals surface area contributed by atoms with Gasteiger partial charge in [0, 0.05) is 6.54 Å². The highest BCUT2D eigenvalue weighted by Crippen LogP contribution is 1.74. The largest absolute Gasteiger partial charge is 0.215 e. The van der Waals surface area contributed by atoms with Crippen molar-refractivity contribution in [2.24, 2.45) is 0 Å². The Morgan fingerprint density at radius 2 is 1.89 bits per heavy atom. The number of nitrogens with one attached hydrogen (secondary N) is 1. The first-order valence-corrected chi connectivity index (χ1v) is 4.40. The lowest BCUT2D eigenvalue weighted by Crippen LogP contribution is -2.22. The summed E-state index contributed by atoms with van der Waals surface area (Å²) in [5.41, 5.74) is 0. The third-order valence-corrected chi connectivity index (χ3v) is 1.34. The molecule has 0 fully saturated rings. The van der Waals surface area contributed by atoms with Crippen LogP contribution in [-0.4, -0.2) is 21.2 Å². The van der Waals surface area contributed by atoms with E-state index in [1.165, 1.54) is 0 Å². The first-order valence-electron chi connectivity index (χ1n) is 2.51. The van der Waals surface area contributed by atoms with E-state index in [0.29, 0.717) is 6.54 Å². The van der Waals surface area contributed by atoms with Gasteiger partial charge in [0.05, 0.1) is 6.26 Å². The summed E-state index contributed by atoms with van der Waals surface area (Å²) in [5, 5.41) is 0. The van der Waals surface area contributed by atoms with Gasteiger partial charge in [0.2, 0.25) is 10.0 Å². The second-order valence-electron chi connectivity index (χ2n) is 1.67. The molecule has 0 bridgehead atoms. The molecule has 0 radical (unpaired) electrons. The van der Waals surface area contributed by atoms with E-state index in [4.69, 9.17) is 0 Å². The molecule has 0 aromatic carbocycles. The van der Waals surface area contributed by atoms with Crippen LogP contribution in [0.15, 0.2) is 0 Å². The van der Waals surface area contributed by atoms with Crippen molar-refractivity contribution < 1.29 is 8.42 Å². The molecule has 0 rings (SSSR count). The summed E-state index contributed by atoms with van der Waals surface area (Å²) in [6.45, 7) is 2.46. The molecule has 9 heavy (non-hydrogen) atoms. The fraction of sp³-hybridized carbons (Fsp3) is 1.00. The Morgan fingerprint density at radius 3 is 2.00 bits per heavy atom. The molecule has 1 N–H and O–H groups in total. The van der Waals surface area contributed by atoms with Crippen LogP contribution in [0.3, 0.4) is 0 Å². The van der Waals surface area contributed by atoms with Gasteiger partial charge in [-0.05, 0) is 6.42 Å². The van der Waals surface area contributed by atoms with Crippen LogP contribution in [0.5, 0.6) is 0 Å². The lowest BCUT2D eigenvalue weighted by molar-refractivity contribution is 0.587. The van der Waals surface area contributed by atoms with Crippen molar-refractivity contribution in [3.8, 4) is 0 Å². The Morgan fingerprint density at radius 1 is 1.44 bits per heavy atom. The molecule has 0 amide bonds. The third kappa shape index (κ3) is 11.7. The lowest BCUT2D eigenvalue weighted by atomic mass is 10.5. The Kier molecular flexibility index (Phi) is 6.66. The van der Waals surface area contributed by atoms with E-state index in [-0.39, 0.29) is 12.4 Å². The number of rotatable bonds is 3. The molecule has 0 aliphatic rings. The molecule has 58 valence electrons. The summed E-state index contributed by atoms with van der Waals surface area (Å²) in [6.07, 6.45) is 2.00. The number of sulfonamides is 1. The summed E-state index contributed by atoms with van der Waals surface area (Å²) in [5.74, 6) is 0. The predicted octanol–water partition coefficient (Wildman–Crippen LogP) is 0.367. The maximum Gasteiger partial charge on any atom is 0.208 e. The molecule has 3 nitrogen and oxygen atoms in total. The number of hydrogen-bond donors (Lipinski definition) is 1. The minimum atomic E-state index is -2.94. The second-order valence-corrected chi connectivity index (χ2v) is 3.50. The number of halogens is 1. The van der Waals surface area contributed by atoms with E-state index < -0.39 is 10.0 Å². The van der Waals surface area contributed by atoms with E-state index in [1.54, 1.807) is 0 Å². The van der Waals surface area contributed by atoms with Crippen LogP contribution in [0.25, 0.3) is 0 Å². The summed E-state index contributed by atoms with van der Waals surface area (Å²) in [6, 6.07) is 0. The van der Waals surface area contributed by atoms with Gasteiger partial charge < -0.3 is 0 Å². The van der Waals surface area contributed by atoms with Gasteiger partial charge in [0.25, 0.3) is 0 Å². The first-order chi connectivity index (χ1) is 3.56. The second kappa shape index (κ2) is 5.02. The van der Waals surface area contributed by atoms with E-state index in [0.717, 1.165) is 12.7 Å². The van der Waals surface area contributed by atoms with Crippen LogP contribution in [0.2, 0.25) is 0 Å². The summed E-state index contributed by atoms with van der Waals surface area (Å²) >= 11 is 0. The van der Waals surface area contributed by atoms with Gasteiger partial charge in [-0.25, -0.2) is 13.1 Å². The Bertz CT molecular complexity index is 143. The average molecular weight is 174 g/mol. The SMILES string of the molecule is CCCNS(C)(=O)=O.Cl. The van der Waals surface area contributed by atoms with Gasteiger partial charge in [0.15, 0.2) is 0 Å². The van der Waals surface area contributed by atoms with Crippen LogP contribution in [0, 0.1) is 0 Å². The molecule has 0 aromatic rings. The molecule has 0 aliphatic carbocycles. The monoisotopic (exact) mass is 173 g/mol. The van der Waals surface area contributed by atoms with Crippen molar-refractivity contribution in [3.05, 3.63) is 0 Å². The maximum absolute atomic E-state index is 10.3. The van der Waals surface area contributed by atoms with Crippen LogP contribution in [0.4, 0.5) is 0 Å². The molecule has 0 saturated carbocycles. The zero-order chi connectivity index (χ0) is 6.62. The highest BCUT2D eigenvalue weighted by molar-refractivity contribution is 7.88. The van der Waals surface area contributed by atoms with Crippen molar-refractivity contribution in [1.82, 2.24) is 4.72 Å². The Hall–Kier alpha value is 0.200. The third-order valence-electron chi connectivity index (χ3n) is 0.614. The van der Waals surface area contributed by atoms with Crippen molar-refractivity contribution in [1.29, 1.82) is 0 Å². The van der Waals surface area contributed by atoms with E-state index in [2.05, 4.69) is 4.72 Å². The lowest BCUT2D eigenvalue weighted by Gasteiger charge is -1.95. The standard InChI is InChI=1S/C4H11NO2S.ClH/c1-3-4-5-8(2,6)7;/h5H,3-4H2,1-2H3;1H. The zero-order valence-electron chi connectivity index (χ0n) is 5.55. The Balaban J connectivity index is 0. The molecule has 0 saturated heterocycles. The van der Waals surface area contributed by atoms with E-state index in [1.807, 2.05) is 6.92 Å². The van der Waals surface area contributed by atoms with Gasteiger partial charge in [-0.15, -0.1) is 12.4 Å². The smallest absolute Gasteiger partial charge is 0.208 e. The highest BCUT2D eigenvalue weighted by atomic mass is 35.5. The topological polar surface area (TPSA) is 46.2 Å². The Labute approximate surface area is 62.3 Å². The minimum absolute atomic E-state index is 0. The van der Waals surface area contributed by atoms with Gasteiger partial charge in [-0.2, -0.15) is 0 Å². The summed E-state index contributed by atoms with van der Waals surface area (Å²) in [7, 11) is -2.94. The summed E-state index contributed by atoms with van der Waals surface area (Å²) < 4.78 is 22.9. The quantitative estimate of drug-likeness (QED) is 0.671. The van der Waals surface area contributed by atoms with Gasteiger partial charge in [0.1, 0.15) is 0 Å². The molecule has 0 unspecified atom stereocenters. The molecule has 0 aromatic heterocycles.